The van der Waals surface area contributed by atoms with Crippen molar-refractivity contribution in [2.24, 2.45) is 11.8 Å². The maximum absolute atomic E-state index is 13.4. The number of rotatable bonds is 5. The van der Waals surface area contributed by atoms with Gasteiger partial charge in [-0.3, -0.25) is 4.98 Å². The summed E-state index contributed by atoms with van der Waals surface area (Å²) in [6.45, 7) is 6.82. The summed E-state index contributed by atoms with van der Waals surface area (Å²) in [4.78, 5) is 17.9. The van der Waals surface area contributed by atoms with Gasteiger partial charge >= 0.3 is 5.97 Å². The highest BCUT2D eigenvalue weighted by atomic mass is 16.5. The van der Waals surface area contributed by atoms with Gasteiger partial charge in [-0.15, -0.1) is 0 Å². The first-order valence-corrected chi connectivity index (χ1v) is 11.2. The molecule has 1 aromatic heterocycles. The number of nitrogens with zero attached hydrogens (tertiary/aromatic N) is 1. The molecule has 1 aliphatic rings. The van der Waals surface area contributed by atoms with E-state index < -0.39 is 0 Å². The molecule has 0 aliphatic heterocycles. The lowest BCUT2D eigenvalue weighted by Crippen LogP contribution is -2.43. The molecule has 3 atom stereocenters. The number of hydrogen-bond acceptors (Lipinski definition) is 3. The fourth-order valence-electron chi connectivity index (χ4n) is 4.96. The molecule has 1 heterocycles. The molecule has 31 heavy (non-hydrogen) atoms. The van der Waals surface area contributed by atoms with Crippen LogP contribution in [0.2, 0.25) is 0 Å². The minimum Gasteiger partial charge on any atom is -0.458 e. The summed E-state index contributed by atoms with van der Waals surface area (Å²) in [5.41, 5.74) is 3.35. The topological polar surface area (TPSA) is 39.2 Å². The van der Waals surface area contributed by atoms with Gasteiger partial charge in [0.2, 0.25) is 0 Å². The van der Waals surface area contributed by atoms with Crippen LogP contribution in [0.1, 0.15) is 56.0 Å². The molecular weight excluding hydrogens is 382 g/mol. The zero-order chi connectivity index (χ0) is 21.8. The van der Waals surface area contributed by atoms with Crippen LogP contribution in [-0.4, -0.2) is 17.1 Å². The maximum Gasteiger partial charge on any atom is 0.340 e. The van der Waals surface area contributed by atoms with Crippen LogP contribution >= 0.6 is 0 Å². The molecule has 0 spiro atoms. The Labute approximate surface area is 185 Å². The van der Waals surface area contributed by atoms with Gasteiger partial charge in [-0.1, -0.05) is 87.9 Å². The first-order chi connectivity index (χ1) is 15.0. The summed E-state index contributed by atoms with van der Waals surface area (Å²) in [6, 6.07) is 24.1. The lowest BCUT2D eigenvalue weighted by Gasteiger charge is -2.44. The van der Waals surface area contributed by atoms with Gasteiger partial charge in [0.05, 0.1) is 11.3 Å². The minimum absolute atomic E-state index is 0.0798. The molecule has 160 valence electrons. The van der Waals surface area contributed by atoms with Crippen LogP contribution in [0.5, 0.6) is 0 Å². The van der Waals surface area contributed by atoms with Crippen molar-refractivity contribution in [3.05, 3.63) is 90.1 Å². The highest BCUT2D eigenvalue weighted by Gasteiger charge is 2.42. The second-order valence-electron chi connectivity index (χ2n) is 9.32. The third-order valence-corrected chi connectivity index (χ3v) is 6.83. The van der Waals surface area contributed by atoms with Gasteiger partial charge in [0.15, 0.2) is 0 Å². The Morgan fingerprint density at radius 1 is 0.935 bits per heavy atom. The number of ether oxygens (including phenoxy) is 1. The van der Waals surface area contributed by atoms with Gasteiger partial charge in [0.1, 0.15) is 6.10 Å². The SMILES string of the molecule is C[C@@H]1CC[C@@H](C(C)(C)c2ccccc2)[C@H](OC(=O)c2cccnc2-c2ccccc2)C1. The normalized spacial score (nSPS) is 21.5. The molecular formula is C28H31NO2. The molecule has 0 saturated heterocycles. The summed E-state index contributed by atoms with van der Waals surface area (Å²) < 4.78 is 6.25. The molecule has 4 rings (SSSR count). The molecule has 3 heteroatoms. The Morgan fingerprint density at radius 3 is 2.32 bits per heavy atom. The Morgan fingerprint density at radius 2 is 1.61 bits per heavy atom. The van der Waals surface area contributed by atoms with Crippen LogP contribution in [0.15, 0.2) is 79.0 Å². The number of carbonyl (C=O) groups is 1. The molecule has 0 amide bonds. The number of carbonyl (C=O) groups excluding carboxylic acids is 1. The molecule has 1 aliphatic carbocycles. The highest BCUT2D eigenvalue weighted by Crippen LogP contribution is 2.44. The van der Waals surface area contributed by atoms with Crippen molar-refractivity contribution in [1.82, 2.24) is 4.98 Å². The van der Waals surface area contributed by atoms with Crippen LogP contribution in [0.25, 0.3) is 11.3 Å². The van der Waals surface area contributed by atoms with E-state index in [9.17, 15) is 4.79 Å². The van der Waals surface area contributed by atoms with Crippen molar-refractivity contribution < 1.29 is 9.53 Å². The number of esters is 1. The second-order valence-corrected chi connectivity index (χ2v) is 9.32. The molecule has 1 saturated carbocycles. The fourth-order valence-corrected chi connectivity index (χ4v) is 4.96. The average Bonchev–Trinajstić information content (AvgIpc) is 2.80. The van der Waals surface area contributed by atoms with E-state index in [4.69, 9.17) is 4.74 Å². The van der Waals surface area contributed by atoms with Gasteiger partial charge in [-0.05, 0) is 41.9 Å². The average molecular weight is 414 g/mol. The number of benzene rings is 2. The Bertz CT molecular complexity index is 1010. The van der Waals surface area contributed by atoms with Crippen molar-refractivity contribution in [2.45, 2.75) is 51.6 Å². The molecule has 0 radical (unpaired) electrons. The fraction of sp³-hybridized carbons (Fsp3) is 0.357. The molecule has 3 aromatic rings. The smallest absolute Gasteiger partial charge is 0.340 e. The summed E-state index contributed by atoms with van der Waals surface area (Å²) in [5.74, 6) is 0.537. The first-order valence-electron chi connectivity index (χ1n) is 11.2. The van der Waals surface area contributed by atoms with E-state index in [1.807, 2.05) is 42.5 Å². The Hall–Kier alpha value is -2.94. The number of aromatic nitrogens is 1. The predicted octanol–water partition coefficient (Wildman–Crippen LogP) is 6.69. The van der Waals surface area contributed by atoms with Gasteiger partial charge < -0.3 is 4.74 Å². The number of pyridine rings is 1. The van der Waals surface area contributed by atoms with Crippen LogP contribution in [-0.2, 0) is 10.2 Å². The van der Waals surface area contributed by atoms with E-state index in [-0.39, 0.29) is 23.4 Å². The van der Waals surface area contributed by atoms with E-state index in [1.165, 1.54) is 5.56 Å². The highest BCUT2D eigenvalue weighted by molar-refractivity contribution is 5.96. The monoisotopic (exact) mass is 413 g/mol. The zero-order valence-corrected chi connectivity index (χ0v) is 18.6. The predicted molar refractivity (Wildman–Crippen MR) is 125 cm³/mol. The quantitative estimate of drug-likeness (QED) is 0.438. The molecule has 0 bridgehead atoms. The largest absolute Gasteiger partial charge is 0.458 e. The second kappa shape index (κ2) is 9.05. The summed E-state index contributed by atoms with van der Waals surface area (Å²) in [5, 5.41) is 0. The van der Waals surface area contributed by atoms with Crippen molar-refractivity contribution in [1.29, 1.82) is 0 Å². The summed E-state index contributed by atoms with van der Waals surface area (Å²) in [6.07, 6.45) is 4.73. The van der Waals surface area contributed by atoms with Gasteiger partial charge in [0, 0.05) is 17.7 Å². The van der Waals surface area contributed by atoms with E-state index >= 15 is 0 Å². The van der Waals surface area contributed by atoms with E-state index in [1.54, 1.807) is 12.3 Å². The van der Waals surface area contributed by atoms with E-state index in [0.717, 1.165) is 24.8 Å². The third kappa shape index (κ3) is 4.56. The Kier molecular flexibility index (Phi) is 6.22. The summed E-state index contributed by atoms with van der Waals surface area (Å²) in [7, 11) is 0. The molecule has 1 fully saturated rings. The van der Waals surface area contributed by atoms with Crippen LogP contribution in [0.3, 0.4) is 0 Å². The van der Waals surface area contributed by atoms with Gasteiger partial charge in [-0.25, -0.2) is 4.79 Å². The lowest BCUT2D eigenvalue weighted by molar-refractivity contribution is -0.0236. The van der Waals surface area contributed by atoms with Crippen molar-refractivity contribution in [3.63, 3.8) is 0 Å². The van der Waals surface area contributed by atoms with E-state index in [0.29, 0.717) is 17.2 Å². The van der Waals surface area contributed by atoms with Crippen molar-refractivity contribution in [2.75, 3.05) is 0 Å². The van der Waals surface area contributed by atoms with Gasteiger partial charge in [-0.2, -0.15) is 0 Å². The Balaban J connectivity index is 1.62. The van der Waals surface area contributed by atoms with Crippen LogP contribution < -0.4 is 0 Å². The molecule has 2 aromatic carbocycles. The summed E-state index contributed by atoms with van der Waals surface area (Å²) >= 11 is 0. The first kappa shape index (κ1) is 21.3. The molecule has 0 N–H and O–H groups in total. The van der Waals surface area contributed by atoms with Gasteiger partial charge in [0.25, 0.3) is 0 Å². The van der Waals surface area contributed by atoms with Crippen molar-refractivity contribution in [3.8, 4) is 11.3 Å². The molecule has 3 nitrogen and oxygen atoms in total. The number of hydrogen-bond donors (Lipinski definition) is 0. The maximum atomic E-state index is 13.4. The van der Waals surface area contributed by atoms with Crippen LogP contribution in [0.4, 0.5) is 0 Å². The van der Waals surface area contributed by atoms with Crippen LogP contribution in [0, 0.1) is 11.8 Å². The standard InChI is InChI=1S/C28H31NO2/c1-20-16-17-24(28(2,3)22-13-8-5-9-14-22)25(19-20)31-27(30)23-15-10-18-29-26(23)21-11-6-4-7-12-21/h4-15,18,20,24-25H,16-17,19H2,1-3H3/t20-,24-,25-/m1/s1. The zero-order valence-electron chi connectivity index (χ0n) is 18.6. The minimum atomic E-state index is -0.278. The lowest BCUT2D eigenvalue weighted by atomic mass is 9.64. The molecule has 0 unspecified atom stereocenters. The third-order valence-electron chi connectivity index (χ3n) is 6.83. The van der Waals surface area contributed by atoms with E-state index in [2.05, 4.69) is 50.0 Å². The van der Waals surface area contributed by atoms with Crippen molar-refractivity contribution >= 4 is 5.97 Å².